The van der Waals surface area contributed by atoms with E-state index >= 15 is 8.78 Å². The number of benzene rings is 6. The van der Waals surface area contributed by atoms with Crippen LogP contribution in [0.2, 0.25) is 0 Å². The first kappa shape index (κ1) is 42.9. The molecule has 62 heavy (non-hydrogen) atoms. The second-order valence-electron chi connectivity index (χ2n) is 16.6. The Bertz CT molecular complexity index is 2870. The first-order valence-corrected chi connectivity index (χ1v) is 21.4. The Balaban J connectivity index is 0.00000529. The zero-order valence-corrected chi connectivity index (χ0v) is 38.1. The third-order valence-electron chi connectivity index (χ3n) is 11.6. The van der Waals surface area contributed by atoms with Crippen molar-refractivity contribution in [1.29, 1.82) is 0 Å². The molecule has 0 aliphatic carbocycles. The van der Waals surface area contributed by atoms with E-state index in [9.17, 15) is 0 Å². The average molecular weight is 1000 g/mol. The van der Waals surface area contributed by atoms with Gasteiger partial charge in [0, 0.05) is 61.3 Å². The maximum Gasteiger partial charge on any atom is 0.135 e. The van der Waals surface area contributed by atoms with E-state index in [1.807, 2.05) is 36.5 Å². The molecule has 3 heterocycles. The summed E-state index contributed by atoms with van der Waals surface area (Å²) in [6.07, 6.45) is 5.74. The molecular weight excluding hydrogens is 954 g/mol. The van der Waals surface area contributed by atoms with Crippen molar-refractivity contribution in [2.45, 2.75) is 79.1 Å². The van der Waals surface area contributed by atoms with Crippen molar-refractivity contribution in [2.24, 2.45) is 0 Å². The molecular formula is C54H49F2N4OPt-3. The molecule has 318 valence electrons. The number of rotatable bonds is 12. The molecule has 6 aromatic carbocycles. The van der Waals surface area contributed by atoms with Crippen LogP contribution in [-0.2, 0) is 33.9 Å². The largest absolute Gasteiger partial charge is 0.509 e. The van der Waals surface area contributed by atoms with Gasteiger partial charge in [0.2, 0.25) is 0 Å². The molecule has 0 atom stereocenters. The molecule has 2 aromatic heterocycles. The molecule has 0 unspecified atom stereocenters. The molecule has 0 saturated carbocycles. The van der Waals surface area contributed by atoms with Gasteiger partial charge >= 0.3 is 0 Å². The predicted molar refractivity (Wildman–Crippen MR) is 246 cm³/mol. The number of halogens is 2. The zero-order valence-electron chi connectivity index (χ0n) is 35.9. The van der Waals surface area contributed by atoms with E-state index in [2.05, 4.69) is 141 Å². The van der Waals surface area contributed by atoms with Gasteiger partial charge in [-0.15, -0.1) is 48.1 Å². The fourth-order valence-electron chi connectivity index (χ4n) is 8.76. The Morgan fingerprint density at radius 3 is 2.02 bits per heavy atom. The maximum absolute atomic E-state index is 15.3. The summed E-state index contributed by atoms with van der Waals surface area (Å²) in [6, 6.07) is 44.6. The number of hydrogen-bond acceptors (Lipinski definition) is 4. The van der Waals surface area contributed by atoms with Crippen molar-refractivity contribution in [3.63, 3.8) is 0 Å². The summed E-state index contributed by atoms with van der Waals surface area (Å²) < 4.78 is 39.4. The number of ether oxygens (including phenoxy) is 1. The van der Waals surface area contributed by atoms with Gasteiger partial charge in [-0.3, -0.25) is 0 Å². The third kappa shape index (κ3) is 7.92. The summed E-state index contributed by atoms with van der Waals surface area (Å²) in [5.41, 5.74) is 10.7. The van der Waals surface area contributed by atoms with E-state index in [1.165, 1.54) is 23.8 Å². The van der Waals surface area contributed by atoms with Crippen molar-refractivity contribution >= 4 is 44.6 Å². The van der Waals surface area contributed by atoms with Crippen LogP contribution in [0.25, 0.3) is 38.8 Å². The molecule has 5 nitrogen and oxygen atoms in total. The van der Waals surface area contributed by atoms with Crippen molar-refractivity contribution in [3.8, 4) is 28.4 Å². The number of pyridine rings is 1. The van der Waals surface area contributed by atoms with Crippen LogP contribution < -0.4 is 14.5 Å². The van der Waals surface area contributed by atoms with E-state index in [0.29, 0.717) is 17.1 Å². The minimum Gasteiger partial charge on any atom is -0.509 e. The number of hydrogen-bond donors (Lipinski definition) is 0. The quantitative estimate of drug-likeness (QED) is 0.114. The smallest absolute Gasteiger partial charge is 0.135 e. The van der Waals surface area contributed by atoms with Crippen LogP contribution in [0.4, 0.5) is 31.5 Å². The van der Waals surface area contributed by atoms with E-state index in [0.717, 1.165) is 92.7 Å². The molecule has 8 heteroatoms. The van der Waals surface area contributed by atoms with Gasteiger partial charge in [-0.25, -0.2) is 13.8 Å². The standard InChI is InChI=1S/C54H49F2N4O.Pt/c1-7-14-36-24-25-57-52(28-36)60-48-19-10-9-16-42(48)43-23-22-40(32-51(43)60)61-41-27-37(15-8-2)26-39(31-41)58-33-59(50-21-12-11-20-49(50)58)54-44(34(3)4)29-38(30-45(54)35(5)6)53-46(55)17-13-18-47(53)56;/h9-13,16-30,33-35H,7-8,14-15H2,1-6H3;/q-3;. The van der Waals surface area contributed by atoms with Crippen molar-refractivity contribution in [1.82, 2.24) is 9.55 Å². The SMILES string of the molecule is CCCc1cc(Oc2[c-]c3c(cc2)c2ccccc2n3-c2cc(CCC)ccn2)[c-]c(N2[CH-]N(c3c(C(C)C)cc(-c4c(F)cccc4F)cc3C(C)C)c3ccccc32)c1.[Pt]. The molecule has 9 rings (SSSR count). The molecule has 1 aliphatic rings. The number of anilines is 4. The molecule has 0 radical (unpaired) electrons. The van der Waals surface area contributed by atoms with E-state index < -0.39 is 11.6 Å². The van der Waals surface area contributed by atoms with Crippen LogP contribution in [-0.4, -0.2) is 9.55 Å². The Kier molecular flexibility index (Phi) is 12.4. The van der Waals surface area contributed by atoms with Crippen LogP contribution in [0.3, 0.4) is 0 Å². The Morgan fingerprint density at radius 2 is 1.32 bits per heavy atom. The van der Waals surface area contributed by atoms with Crippen LogP contribution in [0.1, 0.15) is 88.5 Å². The second-order valence-corrected chi connectivity index (χ2v) is 16.6. The monoisotopic (exact) mass is 1000 g/mol. The molecule has 0 fully saturated rings. The van der Waals surface area contributed by atoms with E-state index in [-0.39, 0.29) is 38.5 Å². The van der Waals surface area contributed by atoms with Gasteiger partial charge in [0.25, 0.3) is 0 Å². The molecule has 0 N–H and O–H groups in total. The van der Waals surface area contributed by atoms with E-state index in [4.69, 9.17) is 9.72 Å². The van der Waals surface area contributed by atoms with Crippen LogP contribution in [0, 0.1) is 30.4 Å². The summed E-state index contributed by atoms with van der Waals surface area (Å²) >= 11 is 0. The molecule has 0 amide bonds. The molecule has 1 aliphatic heterocycles. The van der Waals surface area contributed by atoms with Crippen molar-refractivity contribution in [3.05, 3.63) is 174 Å². The third-order valence-corrected chi connectivity index (χ3v) is 11.6. The molecule has 8 aromatic rings. The van der Waals surface area contributed by atoms with Crippen LogP contribution in [0.15, 0.2) is 121 Å². The average Bonchev–Trinajstić information content (AvgIpc) is 3.79. The molecule has 0 spiro atoms. The van der Waals surface area contributed by atoms with Gasteiger partial charge in [-0.2, -0.15) is 11.6 Å². The summed E-state index contributed by atoms with van der Waals surface area (Å²) in [7, 11) is 0. The van der Waals surface area contributed by atoms with Gasteiger partial charge < -0.3 is 19.1 Å². The topological polar surface area (TPSA) is 33.5 Å². The number of nitrogens with zero attached hydrogens (tertiary/aromatic N) is 4. The fraction of sp³-hybridized carbons (Fsp3) is 0.222. The zero-order chi connectivity index (χ0) is 42.4. The van der Waals surface area contributed by atoms with Gasteiger partial charge in [0.05, 0.1) is 5.56 Å². The summed E-state index contributed by atoms with van der Waals surface area (Å²) in [5, 5.41) is 2.21. The predicted octanol–water partition coefficient (Wildman–Crippen LogP) is 15.1. The van der Waals surface area contributed by atoms with Gasteiger partial charge in [-0.05, 0) is 100 Å². The normalized spacial score (nSPS) is 12.5. The van der Waals surface area contributed by atoms with Gasteiger partial charge in [0.15, 0.2) is 0 Å². The fourth-order valence-corrected chi connectivity index (χ4v) is 8.76. The first-order chi connectivity index (χ1) is 29.6. The number of fused-ring (bicyclic) bond motifs is 4. The number of aryl methyl sites for hydroxylation is 2. The minimum atomic E-state index is -0.573. The maximum atomic E-state index is 15.3. The summed E-state index contributed by atoms with van der Waals surface area (Å²) in [6.45, 7) is 15.0. The van der Waals surface area contributed by atoms with Gasteiger partial charge in [0.1, 0.15) is 17.5 Å². The summed E-state index contributed by atoms with van der Waals surface area (Å²) in [5.74, 6) is 0.992. The Hall–Kier alpha value is -5.78. The van der Waals surface area contributed by atoms with Crippen LogP contribution >= 0.6 is 0 Å². The van der Waals surface area contributed by atoms with Gasteiger partial charge in [-0.1, -0.05) is 103 Å². The summed E-state index contributed by atoms with van der Waals surface area (Å²) in [4.78, 5) is 9.21. The molecule has 0 saturated heterocycles. The van der Waals surface area contributed by atoms with Crippen molar-refractivity contribution in [2.75, 3.05) is 9.80 Å². The number of para-hydroxylation sites is 3. The minimum absolute atomic E-state index is 0. The van der Waals surface area contributed by atoms with Crippen LogP contribution in [0.5, 0.6) is 11.5 Å². The number of aromatic nitrogens is 2. The Morgan fingerprint density at radius 1 is 0.661 bits per heavy atom. The second kappa shape index (κ2) is 17.9. The molecule has 0 bridgehead atoms. The van der Waals surface area contributed by atoms with E-state index in [1.54, 1.807) is 0 Å². The first-order valence-electron chi connectivity index (χ1n) is 21.4. The Labute approximate surface area is 378 Å². The van der Waals surface area contributed by atoms with Crippen molar-refractivity contribution < 1.29 is 34.6 Å².